The highest BCUT2D eigenvalue weighted by Crippen LogP contribution is 2.16. The molecule has 0 saturated carbocycles. The summed E-state index contributed by atoms with van der Waals surface area (Å²) in [5.74, 6) is 0.518. The van der Waals surface area contributed by atoms with Gasteiger partial charge in [0.15, 0.2) is 5.82 Å². The maximum atomic E-state index is 11.5. The van der Waals surface area contributed by atoms with E-state index in [1.54, 1.807) is 12.5 Å². The maximum absolute atomic E-state index is 11.5. The summed E-state index contributed by atoms with van der Waals surface area (Å²) in [4.78, 5) is 22.8. The van der Waals surface area contributed by atoms with E-state index in [1.165, 1.54) is 0 Å². The molecule has 2 rings (SSSR count). The highest BCUT2D eigenvalue weighted by atomic mass is 16.1. The third-order valence-corrected chi connectivity index (χ3v) is 2.35. The fraction of sp³-hybridized carbons (Fsp3) is 0.364. The third-order valence-electron chi connectivity index (χ3n) is 2.35. The van der Waals surface area contributed by atoms with Gasteiger partial charge in [0.1, 0.15) is 5.52 Å². The first kappa shape index (κ1) is 10.6. The number of imidazole rings is 1. The summed E-state index contributed by atoms with van der Waals surface area (Å²) in [6, 6.07) is 1.82. The fourth-order valence-electron chi connectivity index (χ4n) is 1.49. The summed E-state index contributed by atoms with van der Waals surface area (Å²) in [5.41, 5.74) is 1.58. The normalized spacial score (nSPS) is 10.6. The molecule has 16 heavy (non-hydrogen) atoms. The van der Waals surface area contributed by atoms with E-state index < -0.39 is 0 Å². The number of nitrogens with zero attached hydrogens (tertiary/aromatic N) is 2. The highest BCUT2D eigenvalue weighted by Gasteiger charge is 2.07. The van der Waals surface area contributed by atoms with E-state index >= 15 is 0 Å². The first-order valence-electron chi connectivity index (χ1n) is 5.39. The monoisotopic (exact) mass is 218 g/mol. The summed E-state index contributed by atoms with van der Waals surface area (Å²) >= 11 is 0. The second kappa shape index (κ2) is 4.74. The van der Waals surface area contributed by atoms with E-state index in [4.69, 9.17) is 0 Å². The van der Waals surface area contributed by atoms with Gasteiger partial charge in [-0.1, -0.05) is 13.3 Å². The molecule has 0 unspecified atom stereocenters. The fourth-order valence-corrected chi connectivity index (χ4v) is 1.49. The van der Waals surface area contributed by atoms with Crippen LogP contribution in [0.1, 0.15) is 26.2 Å². The molecule has 0 aliphatic carbocycles. The molecular formula is C11H14N4O. The van der Waals surface area contributed by atoms with Crippen LogP contribution in [0.2, 0.25) is 0 Å². The van der Waals surface area contributed by atoms with Gasteiger partial charge in [0.25, 0.3) is 0 Å². The van der Waals surface area contributed by atoms with Crippen molar-refractivity contribution in [1.29, 1.82) is 0 Å². The smallest absolute Gasteiger partial charge is 0.225 e. The lowest BCUT2D eigenvalue weighted by Gasteiger charge is -2.03. The maximum Gasteiger partial charge on any atom is 0.225 e. The first-order valence-corrected chi connectivity index (χ1v) is 5.39. The van der Waals surface area contributed by atoms with Crippen LogP contribution < -0.4 is 5.32 Å². The number of rotatable bonds is 4. The molecule has 2 aromatic heterocycles. The van der Waals surface area contributed by atoms with E-state index in [0.717, 1.165) is 18.4 Å². The molecule has 0 radical (unpaired) electrons. The second-order valence-electron chi connectivity index (χ2n) is 3.61. The van der Waals surface area contributed by atoms with Crippen molar-refractivity contribution in [3.8, 4) is 0 Å². The van der Waals surface area contributed by atoms with Gasteiger partial charge < -0.3 is 10.3 Å². The molecule has 84 valence electrons. The Hall–Kier alpha value is -1.91. The topological polar surface area (TPSA) is 70.7 Å². The molecule has 0 aliphatic rings. The van der Waals surface area contributed by atoms with Crippen molar-refractivity contribution in [1.82, 2.24) is 15.0 Å². The van der Waals surface area contributed by atoms with Crippen LogP contribution >= 0.6 is 0 Å². The summed E-state index contributed by atoms with van der Waals surface area (Å²) in [5, 5.41) is 2.77. The standard InChI is InChI=1S/C11H14N4O/c1-2-3-4-9(16)15-11-10-8(5-6-12-11)13-7-14-10/h5-7H,2-4H2,1H3,(H,13,14)(H,12,15,16). The Morgan fingerprint density at radius 3 is 3.19 bits per heavy atom. The van der Waals surface area contributed by atoms with Gasteiger partial charge in [-0.3, -0.25) is 4.79 Å². The Morgan fingerprint density at radius 2 is 2.38 bits per heavy atom. The van der Waals surface area contributed by atoms with Crippen LogP contribution in [0.15, 0.2) is 18.6 Å². The Bertz CT molecular complexity index is 491. The van der Waals surface area contributed by atoms with E-state index in [0.29, 0.717) is 17.8 Å². The zero-order valence-corrected chi connectivity index (χ0v) is 9.16. The zero-order chi connectivity index (χ0) is 11.4. The number of aromatic nitrogens is 3. The minimum atomic E-state index is -0.00940. The molecule has 0 bridgehead atoms. The molecule has 0 aliphatic heterocycles. The molecule has 2 aromatic rings. The summed E-state index contributed by atoms with van der Waals surface area (Å²) < 4.78 is 0. The summed E-state index contributed by atoms with van der Waals surface area (Å²) in [7, 11) is 0. The van der Waals surface area contributed by atoms with Crippen molar-refractivity contribution in [3.63, 3.8) is 0 Å². The molecule has 0 spiro atoms. The number of H-pyrrole nitrogens is 1. The average Bonchev–Trinajstić information content (AvgIpc) is 2.75. The Balaban J connectivity index is 2.14. The zero-order valence-electron chi connectivity index (χ0n) is 9.16. The van der Waals surface area contributed by atoms with Crippen molar-refractivity contribution in [2.75, 3.05) is 5.32 Å². The number of amides is 1. The Kier molecular flexibility index (Phi) is 3.14. The van der Waals surface area contributed by atoms with Gasteiger partial charge in [-0.05, 0) is 12.5 Å². The van der Waals surface area contributed by atoms with E-state index in [2.05, 4.69) is 27.2 Å². The lowest BCUT2D eigenvalue weighted by atomic mass is 10.2. The van der Waals surface area contributed by atoms with Crippen LogP contribution in [0.5, 0.6) is 0 Å². The van der Waals surface area contributed by atoms with Crippen LogP contribution in [0.4, 0.5) is 5.82 Å². The molecule has 2 N–H and O–H groups in total. The largest absolute Gasteiger partial charge is 0.344 e. The number of aromatic amines is 1. The second-order valence-corrected chi connectivity index (χ2v) is 3.61. The van der Waals surface area contributed by atoms with E-state index in [9.17, 15) is 4.79 Å². The van der Waals surface area contributed by atoms with Gasteiger partial charge in [0.05, 0.1) is 11.8 Å². The lowest BCUT2D eigenvalue weighted by Crippen LogP contribution is -2.12. The van der Waals surface area contributed by atoms with E-state index in [-0.39, 0.29) is 5.91 Å². The molecule has 0 saturated heterocycles. The predicted molar refractivity (Wildman–Crippen MR) is 62.0 cm³/mol. The number of unbranched alkanes of at least 4 members (excludes halogenated alkanes) is 1. The van der Waals surface area contributed by atoms with Gasteiger partial charge >= 0.3 is 0 Å². The number of hydrogen-bond donors (Lipinski definition) is 2. The van der Waals surface area contributed by atoms with Crippen molar-refractivity contribution in [2.24, 2.45) is 0 Å². The van der Waals surface area contributed by atoms with Gasteiger partial charge in [0.2, 0.25) is 5.91 Å². The van der Waals surface area contributed by atoms with Crippen LogP contribution in [-0.4, -0.2) is 20.9 Å². The number of nitrogens with one attached hydrogen (secondary N) is 2. The molecule has 0 atom stereocenters. The predicted octanol–water partition coefficient (Wildman–Crippen LogP) is 2.09. The summed E-state index contributed by atoms with van der Waals surface area (Å²) in [6.45, 7) is 2.06. The number of fused-ring (bicyclic) bond motifs is 1. The minimum absolute atomic E-state index is 0.00940. The molecule has 1 amide bonds. The summed E-state index contributed by atoms with van der Waals surface area (Å²) in [6.07, 6.45) is 5.67. The quantitative estimate of drug-likeness (QED) is 0.825. The molecular weight excluding hydrogens is 204 g/mol. The molecule has 0 fully saturated rings. The molecule has 5 heteroatoms. The third kappa shape index (κ3) is 2.18. The van der Waals surface area contributed by atoms with Gasteiger partial charge in [-0.25, -0.2) is 9.97 Å². The Morgan fingerprint density at radius 1 is 1.50 bits per heavy atom. The highest BCUT2D eigenvalue weighted by molar-refractivity contribution is 5.97. The van der Waals surface area contributed by atoms with Crippen LogP contribution in [-0.2, 0) is 4.79 Å². The van der Waals surface area contributed by atoms with Crippen LogP contribution in [0.25, 0.3) is 11.0 Å². The van der Waals surface area contributed by atoms with E-state index in [1.807, 2.05) is 6.07 Å². The number of anilines is 1. The average molecular weight is 218 g/mol. The molecule has 5 nitrogen and oxygen atoms in total. The SMILES string of the molecule is CCCCC(=O)Nc1nccc2[nH]cnc12. The lowest BCUT2D eigenvalue weighted by molar-refractivity contribution is -0.116. The van der Waals surface area contributed by atoms with Crippen LogP contribution in [0.3, 0.4) is 0 Å². The number of hydrogen-bond acceptors (Lipinski definition) is 3. The number of carbonyl (C=O) groups excluding carboxylic acids is 1. The molecule has 0 aromatic carbocycles. The van der Waals surface area contributed by atoms with Crippen LogP contribution in [0, 0.1) is 0 Å². The van der Waals surface area contributed by atoms with Gasteiger partial charge in [-0.2, -0.15) is 0 Å². The Labute approximate surface area is 93.3 Å². The number of carbonyl (C=O) groups is 1. The van der Waals surface area contributed by atoms with Crippen molar-refractivity contribution >= 4 is 22.8 Å². The van der Waals surface area contributed by atoms with Crippen molar-refractivity contribution in [2.45, 2.75) is 26.2 Å². The van der Waals surface area contributed by atoms with Gasteiger partial charge in [0, 0.05) is 12.6 Å². The molecule has 2 heterocycles. The van der Waals surface area contributed by atoms with Gasteiger partial charge in [-0.15, -0.1) is 0 Å². The number of pyridine rings is 1. The first-order chi connectivity index (χ1) is 7.81. The van der Waals surface area contributed by atoms with Crippen molar-refractivity contribution in [3.05, 3.63) is 18.6 Å². The minimum Gasteiger partial charge on any atom is -0.344 e. The van der Waals surface area contributed by atoms with Crippen molar-refractivity contribution < 1.29 is 4.79 Å².